The second kappa shape index (κ2) is 8.97. The number of carbonyl (C=O) groups excluding carboxylic acids is 1. The number of nitrogens with zero attached hydrogens (tertiary/aromatic N) is 1. The van der Waals surface area contributed by atoms with E-state index >= 15 is 0 Å². The van der Waals surface area contributed by atoms with Crippen molar-refractivity contribution in [2.75, 3.05) is 18.5 Å². The van der Waals surface area contributed by atoms with E-state index in [4.69, 9.17) is 0 Å². The summed E-state index contributed by atoms with van der Waals surface area (Å²) < 4.78 is 0. The van der Waals surface area contributed by atoms with Crippen LogP contribution in [0.2, 0.25) is 0 Å². The highest BCUT2D eigenvalue weighted by molar-refractivity contribution is 5.89. The molecule has 128 valence electrons. The van der Waals surface area contributed by atoms with E-state index in [0.717, 1.165) is 18.5 Å². The summed E-state index contributed by atoms with van der Waals surface area (Å²) in [7, 11) is 0. The molecular formula is C16H25N3O4. The van der Waals surface area contributed by atoms with Crippen molar-refractivity contribution in [3.05, 3.63) is 39.9 Å². The molecule has 0 saturated heterocycles. The Morgan fingerprint density at radius 3 is 2.74 bits per heavy atom. The predicted molar refractivity (Wildman–Crippen MR) is 88.8 cm³/mol. The molecule has 1 aromatic rings. The van der Waals surface area contributed by atoms with E-state index in [1.165, 1.54) is 5.56 Å². The highest BCUT2D eigenvalue weighted by Crippen LogP contribution is 2.22. The first kappa shape index (κ1) is 18.7. The Balaban J connectivity index is 2.35. The van der Waals surface area contributed by atoms with Gasteiger partial charge in [0, 0.05) is 12.2 Å². The summed E-state index contributed by atoms with van der Waals surface area (Å²) in [5.74, 6) is 0. The topological polar surface area (TPSA) is 93.5 Å². The fourth-order valence-corrected chi connectivity index (χ4v) is 1.91. The molecule has 0 aliphatic carbocycles. The standard InChI is InChI=1S/C16H25N3O4/c1-16(2,3)9-8-13-6-4-7-14(12-13)18-15(20)17-10-5-11-23-19(21)22/h4,6-7,12H,5,8-11H2,1-3H3,(H2,17,18,20). The van der Waals surface area contributed by atoms with Crippen LogP contribution in [0.25, 0.3) is 0 Å². The van der Waals surface area contributed by atoms with Crippen LogP contribution in [0.1, 0.15) is 39.2 Å². The first-order chi connectivity index (χ1) is 10.8. The number of nitrogens with one attached hydrogen (secondary N) is 2. The maximum atomic E-state index is 11.7. The van der Waals surface area contributed by atoms with E-state index in [-0.39, 0.29) is 18.1 Å². The van der Waals surface area contributed by atoms with Gasteiger partial charge in [-0.1, -0.05) is 32.9 Å². The lowest BCUT2D eigenvalue weighted by molar-refractivity contribution is -0.757. The molecule has 0 unspecified atom stereocenters. The smallest absolute Gasteiger partial charge is 0.319 e. The zero-order valence-corrected chi connectivity index (χ0v) is 13.9. The quantitative estimate of drug-likeness (QED) is 0.435. The number of amides is 2. The molecule has 7 nitrogen and oxygen atoms in total. The molecular weight excluding hydrogens is 298 g/mol. The second-order valence-corrected chi connectivity index (χ2v) is 6.55. The Labute approximate surface area is 136 Å². The number of anilines is 1. The van der Waals surface area contributed by atoms with Gasteiger partial charge in [0.25, 0.3) is 5.09 Å². The van der Waals surface area contributed by atoms with Gasteiger partial charge in [0.2, 0.25) is 0 Å². The summed E-state index contributed by atoms with van der Waals surface area (Å²) >= 11 is 0. The molecule has 23 heavy (non-hydrogen) atoms. The third-order valence-electron chi connectivity index (χ3n) is 3.15. The van der Waals surface area contributed by atoms with Crippen molar-refractivity contribution in [3.63, 3.8) is 0 Å². The summed E-state index contributed by atoms with van der Waals surface area (Å²) in [6.07, 6.45) is 2.40. The summed E-state index contributed by atoms with van der Waals surface area (Å²) in [6.45, 7) is 6.88. The molecule has 0 fully saturated rings. The summed E-state index contributed by atoms with van der Waals surface area (Å²) in [5.41, 5.74) is 2.18. The van der Waals surface area contributed by atoms with Gasteiger partial charge in [0.05, 0.1) is 6.61 Å². The van der Waals surface area contributed by atoms with Gasteiger partial charge >= 0.3 is 6.03 Å². The van der Waals surface area contributed by atoms with Gasteiger partial charge in [-0.15, -0.1) is 10.1 Å². The molecule has 0 spiro atoms. The molecule has 0 heterocycles. The Morgan fingerprint density at radius 1 is 1.35 bits per heavy atom. The van der Waals surface area contributed by atoms with Crippen LogP contribution in [0.4, 0.5) is 10.5 Å². The minimum Gasteiger partial charge on any atom is -0.338 e. The minimum absolute atomic E-state index is 0.0322. The zero-order chi connectivity index (χ0) is 17.3. The van der Waals surface area contributed by atoms with Crippen LogP contribution in [-0.2, 0) is 11.3 Å². The van der Waals surface area contributed by atoms with E-state index in [0.29, 0.717) is 13.0 Å². The molecule has 0 aliphatic heterocycles. The van der Waals surface area contributed by atoms with Gasteiger partial charge in [0.1, 0.15) is 0 Å². The zero-order valence-electron chi connectivity index (χ0n) is 13.9. The average molecular weight is 323 g/mol. The van der Waals surface area contributed by atoms with Crippen molar-refractivity contribution in [3.8, 4) is 0 Å². The normalized spacial score (nSPS) is 10.9. The van der Waals surface area contributed by atoms with E-state index in [9.17, 15) is 14.9 Å². The number of aryl methyl sites for hydroxylation is 1. The molecule has 0 atom stereocenters. The van der Waals surface area contributed by atoms with E-state index in [1.54, 1.807) is 0 Å². The molecule has 7 heteroatoms. The van der Waals surface area contributed by atoms with Crippen LogP contribution >= 0.6 is 0 Å². The maximum absolute atomic E-state index is 11.7. The number of hydrogen-bond donors (Lipinski definition) is 2. The van der Waals surface area contributed by atoms with E-state index < -0.39 is 5.09 Å². The number of urea groups is 1. The Morgan fingerprint density at radius 2 is 2.09 bits per heavy atom. The fourth-order valence-electron chi connectivity index (χ4n) is 1.91. The van der Waals surface area contributed by atoms with Gasteiger partial charge in [-0.3, -0.25) is 0 Å². The first-order valence-corrected chi connectivity index (χ1v) is 7.67. The van der Waals surface area contributed by atoms with Crippen LogP contribution in [0.5, 0.6) is 0 Å². The highest BCUT2D eigenvalue weighted by atomic mass is 16.9. The van der Waals surface area contributed by atoms with E-state index in [2.05, 4.69) is 36.2 Å². The molecule has 1 aromatic carbocycles. The van der Waals surface area contributed by atoms with Gasteiger partial charge < -0.3 is 15.5 Å². The average Bonchev–Trinajstić information content (AvgIpc) is 2.44. The molecule has 0 radical (unpaired) electrons. The largest absolute Gasteiger partial charge is 0.338 e. The Kier molecular flexibility index (Phi) is 7.31. The van der Waals surface area contributed by atoms with Crippen LogP contribution < -0.4 is 10.6 Å². The van der Waals surface area contributed by atoms with Crippen molar-refractivity contribution < 1.29 is 14.7 Å². The van der Waals surface area contributed by atoms with Crippen molar-refractivity contribution in [2.45, 2.75) is 40.0 Å². The molecule has 2 amide bonds. The van der Waals surface area contributed by atoms with Crippen molar-refractivity contribution in [1.29, 1.82) is 0 Å². The van der Waals surface area contributed by atoms with Crippen LogP contribution in [-0.4, -0.2) is 24.3 Å². The maximum Gasteiger partial charge on any atom is 0.319 e. The van der Waals surface area contributed by atoms with Gasteiger partial charge in [-0.25, -0.2) is 4.79 Å². The van der Waals surface area contributed by atoms with Gasteiger partial charge in [-0.05, 0) is 42.4 Å². The summed E-state index contributed by atoms with van der Waals surface area (Å²) in [6, 6.07) is 7.42. The molecule has 2 N–H and O–H groups in total. The van der Waals surface area contributed by atoms with Crippen LogP contribution in [0, 0.1) is 15.5 Å². The lowest BCUT2D eigenvalue weighted by Crippen LogP contribution is -2.30. The number of carbonyl (C=O) groups is 1. The summed E-state index contributed by atoms with van der Waals surface area (Å²) in [4.78, 5) is 25.9. The van der Waals surface area contributed by atoms with Crippen LogP contribution in [0.15, 0.2) is 24.3 Å². The first-order valence-electron chi connectivity index (χ1n) is 7.67. The highest BCUT2D eigenvalue weighted by Gasteiger charge is 2.10. The van der Waals surface area contributed by atoms with E-state index in [1.807, 2.05) is 24.3 Å². The molecule has 0 aromatic heterocycles. The molecule has 0 saturated carbocycles. The number of hydrogen-bond acceptors (Lipinski definition) is 4. The molecule has 0 bridgehead atoms. The Bertz CT molecular complexity index is 526. The van der Waals surface area contributed by atoms with Crippen molar-refractivity contribution in [2.24, 2.45) is 5.41 Å². The van der Waals surface area contributed by atoms with Crippen molar-refractivity contribution >= 4 is 11.7 Å². The van der Waals surface area contributed by atoms with Gasteiger partial charge in [-0.2, -0.15) is 0 Å². The molecule has 0 aliphatic rings. The third-order valence-corrected chi connectivity index (χ3v) is 3.15. The van der Waals surface area contributed by atoms with Gasteiger partial charge in [0.15, 0.2) is 0 Å². The minimum atomic E-state index is -0.844. The lowest BCUT2D eigenvalue weighted by atomic mass is 9.89. The predicted octanol–water partition coefficient (Wildman–Crippen LogP) is 3.39. The lowest BCUT2D eigenvalue weighted by Gasteiger charge is -2.18. The fraction of sp³-hybridized carbons (Fsp3) is 0.562. The SMILES string of the molecule is CC(C)(C)CCc1cccc(NC(=O)NCCCO[N+](=O)[O-])c1. The Hall–Kier alpha value is -2.31. The monoisotopic (exact) mass is 323 g/mol. The number of benzene rings is 1. The molecule has 1 rings (SSSR count). The third kappa shape index (κ3) is 9.34. The van der Waals surface area contributed by atoms with Crippen LogP contribution in [0.3, 0.4) is 0 Å². The van der Waals surface area contributed by atoms with Crippen molar-refractivity contribution in [1.82, 2.24) is 5.32 Å². The number of rotatable bonds is 8. The summed E-state index contributed by atoms with van der Waals surface area (Å²) in [5, 5.41) is 14.5. The second-order valence-electron chi connectivity index (χ2n) is 6.55.